The Hall–Kier alpha value is -2.94. The number of ether oxygens (including phenoxy) is 2. The summed E-state index contributed by atoms with van der Waals surface area (Å²) >= 11 is 0. The van der Waals surface area contributed by atoms with Crippen LogP contribution in [0.4, 0.5) is 5.69 Å². The molecule has 3 aromatic rings. The lowest BCUT2D eigenvalue weighted by Gasteiger charge is -2.19. The second-order valence-electron chi connectivity index (χ2n) is 7.31. The van der Waals surface area contributed by atoms with Gasteiger partial charge < -0.3 is 14.8 Å². The van der Waals surface area contributed by atoms with Crippen molar-refractivity contribution in [3.05, 3.63) is 90.0 Å². The number of benzene rings is 3. The van der Waals surface area contributed by atoms with Gasteiger partial charge in [-0.25, -0.2) is 0 Å². The van der Waals surface area contributed by atoms with Gasteiger partial charge in [0.15, 0.2) is 0 Å². The van der Waals surface area contributed by atoms with Gasteiger partial charge in [-0.3, -0.25) is 0 Å². The molecule has 152 valence electrons. The SMILES string of the molecule is CCC(CNc1cccc(OCCCc2ccccc2)c1)Oc1ccc(C)cc1. The minimum absolute atomic E-state index is 0.119. The van der Waals surface area contributed by atoms with Crippen LogP contribution in [0.1, 0.15) is 30.9 Å². The first-order valence-corrected chi connectivity index (χ1v) is 10.5. The Balaban J connectivity index is 1.44. The molecule has 0 amide bonds. The summed E-state index contributed by atoms with van der Waals surface area (Å²) in [7, 11) is 0. The Morgan fingerprint density at radius 3 is 2.41 bits per heavy atom. The van der Waals surface area contributed by atoms with Gasteiger partial charge in [-0.2, -0.15) is 0 Å². The normalized spacial score (nSPS) is 11.7. The maximum atomic E-state index is 6.10. The molecule has 0 heterocycles. The summed E-state index contributed by atoms with van der Waals surface area (Å²) in [6.45, 7) is 5.69. The van der Waals surface area contributed by atoms with Crippen molar-refractivity contribution in [3.63, 3.8) is 0 Å². The molecule has 3 heteroatoms. The number of anilines is 1. The van der Waals surface area contributed by atoms with E-state index < -0.39 is 0 Å². The molecule has 0 saturated heterocycles. The van der Waals surface area contributed by atoms with Crippen molar-refractivity contribution in [1.82, 2.24) is 0 Å². The fourth-order valence-electron chi connectivity index (χ4n) is 3.12. The van der Waals surface area contributed by atoms with Crippen LogP contribution in [0.25, 0.3) is 0 Å². The van der Waals surface area contributed by atoms with Gasteiger partial charge in [0, 0.05) is 11.8 Å². The van der Waals surface area contributed by atoms with Crippen molar-refractivity contribution in [1.29, 1.82) is 0 Å². The van der Waals surface area contributed by atoms with Crippen LogP contribution in [0.3, 0.4) is 0 Å². The van der Waals surface area contributed by atoms with E-state index in [0.717, 1.165) is 43.0 Å². The molecule has 0 aliphatic heterocycles. The Morgan fingerprint density at radius 2 is 1.66 bits per heavy atom. The first kappa shape index (κ1) is 20.8. The van der Waals surface area contributed by atoms with Crippen LogP contribution in [0, 0.1) is 6.92 Å². The second-order valence-corrected chi connectivity index (χ2v) is 7.31. The monoisotopic (exact) mass is 389 g/mol. The topological polar surface area (TPSA) is 30.5 Å². The Kier molecular flexibility index (Phi) is 8.00. The zero-order valence-corrected chi connectivity index (χ0v) is 17.4. The van der Waals surface area contributed by atoms with E-state index in [2.05, 4.69) is 67.7 Å². The Bertz CT molecular complexity index is 846. The van der Waals surface area contributed by atoms with Crippen LogP contribution >= 0.6 is 0 Å². The van der Waals surface area contributed by atoms with Gasteiger partial charge in [0.2, 0.25) is 0 Å². The van der Waals surface area contributed by atoms with E-state index in [0.29, 0.717) is 6.61 Å². The van der Waals surface area contributed by atoms with Crippen molar-refractivity contribution < 1.29 is 9.47 Å². The summed E-state index contributed by atoms with van der Waals surface area (Å²) in [6, 6.07) is 26.9. The molecule has 0 aliphatic carbocycles. The average Bonchev–Trinajstić information content (AvgIpc) is 2.76. The van der Waals surface area contributed by atoms with E-state index in [1.807, 2.05) is 30.3 Å². The quantitative estimate of drug-likeness (QED) is 0.392. The van der Waals surface area contributed by atoms with E-state index in [1.165, 1.54) is 11.1 Å². The number of nitrogens with one attached hydrogen (secondary N) is 1. The van der Waals surface area contributed by atoms with Gasteiger partial charge in [0.25, 0.3) is 0 Å². The second kappa shape index (κ2) is 11.2. The summed E-state index contributed by atoms with van der Waals surface area (Å²) in [5, 5.41) is 3.48. The predicted molar refractivity (Wildman–Crippen MR) is 121 cm³/mol. The lowest BCUT2D eigenvalue weighted by atomic mass is 10.1. The van der Waals surface area contributed by atoms with Gasteiger partial charge >= 0.3 is 0 Å². The summed E-state index contributed by atoms with van der Waals surface area (Å²) in [5.41, 5.74) is 3.64. The molecule has 3 aromatic carbocycles. The van der Waals surface area contributed by atoms with E-state index in [4.69, 9.17) is 9.47 Å². The predicted octanol–water partition coefficient (Wildman–Crippen LogP) is 6.28. The molecule has 29 heavy (non-hydrogen) atoms. The fraction of sp³-hybridized carbons (Fsp3) is 0.308. The smallest absolute Gasteiger partial charge is 0.121 e. The molecule has 0 bridgehead atoms. The highest BCUT2D eigenvalue weighted by Gasteiger charge is 2.08. The summed E-state index contributed by atoms with van der Waals surface area (Å²) in [6.07, 6.45) is 3.10. The van der Waals surface area contributed by atoms with E-state index in [9.17, 15) is 0 Å². The van der Waals surface area contributed by atoms with Crippen LogP contribution in [0.15, 0.2) is 78.9 Å². The van der Waals surface area contributed by atoms with Crippen molar-refractivity contribution in [2.45, 2.75) is 39.2 Å². The van der Waals surface area contributed by atoms with Crippen molar-refractivity contribution in [2.24, 2.45) is 0 Å². The number of hydrogen-bond acceptors (Lipinski definition) is 3. The van der Waals surface area contributed by atoms with E-state index in [1.54, 1.807) is 0 Å². The molecule has 3 nitrogen and oxygen atoms in total. The average molecular weight is 390 g/mol. The lowest BCUT2D eigenvalue weighted by Crippen LogP contribution is -2.25. The number of rotatable bonds is 11. The van der Waals surface area contributed by atoms with E-state index in [-0.39, 0.29) is 6.10 Å². The molecule has 1 atom stereocenters. The highest BCUT2D eigenvalue weighted by atomic mass is 16.5. The Labute approximate surface area is 174 Å². The first-order chi connectivity index (χ1) is 14.2. The minimum Gasteiger partial charge on any atom is -0.494 e. The third kappa shape index (κ3) is 7.19. The maximum absolute atomic E-state index is 6.10. The molecular weight excluding hydrogens is 358 g/mol. The van der Waals surface area contributed by atoms with Gasteiger partial charge in [-0.1, -0.05) is 61.0 Å². The lowest BCUT2D eigenvalue weighted by molar-refractivity contribution is 0.210. The highest BCUT2D eigenvalue weighted by Crippen LogP contribution is 2.19. The summed E-state index contributed by atoms with van der Waals surface area (Å²) < 4.78 is 12.0. The van der Waals surface area contributed by atoms with Crippen LogP contribution in [0.5, 0.6) is 11.5 Å². The summed E-state index contributed by atoms with van der Waals surface area (Å²) in [4.78, 5) is 0. The molecule has 1 unspecified atom stereocenters. The van der Waals surface area contributed by atoms with Crippen molar-refractivity contribution >= 4 is 5.69 Å². The fourth-order valence-corrected chi connectivity index (χ4v) is 3.12. The molecule has 0 radical (unpaired) electrons. The van der Waals surface area contributed by atoms with Crippen molar-refractivity contribution in [2.75, 3.05) is 18.5 Å². The third-order valence-corrected chi connectivity index (χ3v) is 4.87. The molecule has 0 aromatic heterocycles. The van der Waals surface area contributed by atoms with Crippen molar-refractivity contribution in [3.8, 4) is 11.5 Å². The molecule has 0 fully saturated rings. The van der Waals surface area contributed by atoms with Gasteiger partial charge in [-0.15, -0.1) is 0 Å². The molecule has 0 saturated carbocycles. The van der Waals surface area contributed by atoms with E-state index >= 15 is 0 Å². The largest absolute Gasteiger partial charge is 0.494 e. The molecule has 0 aliphatic rings. The highest BCUT2D eigenvalue weighted by molar-refractivity contribution is 5.48. The number of hydrogen-bond donors (Lipinski definition) is 1. The molecule has 0 spiro atoms. The summed E-state index contributed by atoms with van der Waals surface area (Å²) in [5.74, 6) is 1.82. The van der Waals surface area contributed by atoms with Crippen LogP contribution in [-0.4, -0.2) is 19.3 Å². The van der Waals surface area contributed by atoms with Gasteiger partial charge in [0.1, 0.15) is 17.6 Å². The van der Waals surface area contributed by atoms with Crippen LogP contribution in [-0.2, 0) is 6.42 Å². The van der Waals surface area contributed by atoms with Gasteiger partial charge in [0.05, 0.1) is 13.2 Å². The minimum atomic E-state index is 0.119. The Morgan fingerprint density at radius 1 is 0.862 bits per heavy atom. The zero-order chi connectivity index (χ0) is 20.3. The third-order valence-electron chi connectivity index (χ3n) is 4.87. The van der Waals surface area contributed by atoms with Crippen LogP contribution < -0.4 is 14.8 Å². The zero-order valence-electron chi connectivity index (χ0n) is 17.4. The number of aryl methyl sites for hydroxylation is 2. The first-order valence-electron chi connectivity index (χ1n) is 10.5. The van der Waals surface area contributed by atoms with Crippen LogP contribution in [0.2, 0.25) is 0 Å². The van der Waals surface area contributed by atoms with Gasteiger partial charge in [-0.05, 0) is 56.0 Å². The molecule has 1 N–H and O–H groups in total. The molecular formula is C26H31NO2. The molecule has 3 rings (SSSR count). The standard InChI is InChI=1S/C26H31NO2/c1-3-24(29-25-16-14-21(2)15-17-25)20-27-23-12-7-13-26(19-23)28-18-8-11-22-9-5-4-6-10-22/h4-7,9-10,12-17,19,24,27H,3,8,11,18,20H2,1-2H3. The maximum Gasteiger partial charge on any atom is 0.121 e.